The number of hydrogen-bond donors (Lipinski definition) is 1. The second kappa shape index (κ2) is 9.89. The molecule has 7 nitrogen and oxygen atoms in total. The van der Waals surface area contributed by atoms with E-state index in [1.165, 1.54) is 6.92 Å². The van der Waals surface area contributed by atoms with Gasteiger partial charge in [0.05, 0.1) is 18.3 Å². The van der Waals surface area contributed by atoms with Gasteiger partial charge in [0.15, 0.2) is 5.78 Å². The van der Waals surface area contributed by atoms with Crippen LogP contribution in [0.4, 0.5) is 0 Å². The predicted molar refractivity (Wildman–Crippen MR) is 109 cm³/mol. The molecule has 1 aromatic carbocycles. The van der Waals surface area contributed by atoms with Crippen LogP contribution in [0.3, 0.4) is 0 Å². The van der Waals surface area contributed by atoms with Crippen LogP contribution in [0, 0.1) is 18.3 Å². The average Bonchev–Trinajstić information content (AvgIpc) is 2.68. The smallest absolute Gasteiger partial charge is 0.271 e. The highest BCUT2D eigenvalue weighted by molar-refractivity contribution is 6.11. The lowest BCUT2D eigenvalue weighted by Gasteiger charge is -2.16. The molecule has 0 unspecified atom stereocenters. The van der Waals surface area contributed by atoms with Crippen molar-refractivity contribution in [3.63, 3.8) is 0 Å². The Morgan fingerprint density at radius 1 is 1.34 bits per heavy atom. The number of carbonyl (C=O) groups is 1. The van der Waals surface area contributed by atoms with Crippen LogP contribution in [0.2, 0.25) is 0 Å². The lowest BCUT2D eigenvalue weighted by Crippen LogP contribution is -2.27. The molecule has 1 N–H and O–H groups in total. The highest BCUT2D eigenvalue weighted by Crippen LogP contribution is 2.26. The second-order valence-corrected chi connectivity index (χ2v) is 6.83. The molecule has 0 aliphatic rings. The van der Waals surface area contributed by atoms with Gasteiger partial charge in [-0.25, -0.2) is 0 Å². The third kappa shape index (κ3) is 5.04. The largest absolute Gasteiger partial charge is 0.494 e. The Balaban J connectivity index is 2.49. The van der Waals surface area contributed by atoms with Crippen molar-refractivity contribution in [2.75, 3.05) is 13.2 Å². The van der Waals surface area contributed by atoms with Gasteiger partial charge in [-0.15, -0.1) is 0 Å². The number of benzene rings is 1. The topological polar surface area (TPSA) is 102 Å². The number of aromatic nitrogens is 1. The summed E-state index contributed by atoms with van der Waals surface area (Å²) in [5, 5.41) is 20.2. The first-order valence-electron chi connectivity index (χ1n) is 9.57. The van der Waals surface area contributed by atoms with E-state index in [4.69, 9.17) is 9.47 Å². The monoisotopic (exact) mass is 398 g/mol. The van der Waals surface area contributed by atoms with E-state index < -0.39 is 17.2 Å². The fraction of sp³-hybridized carbons (Fsp3) is 0.409. The van der Waals surface area contributed by atoms with E-state index >= 15 is 0 Å². The number of aromatic hydroxyl groups is 1. The molecule has 0 saturated heterocycles. The molecule has 1 heterocycles. The number of nitriles is 1. The molecule has 0 bridgehead atoms. The van der Waals surface area contributed by atoms with Crippen molar-refractivity contribution in [2.24, 2.45) is 0 Å². The molecular formula is C22H26N2O5. The molecule has 154 valence electrons. The van der Waals surface area contributed by atoms with Crippen molar-refractivity contribution in [1.82, 2.24) is 4.57 Å². The van der Waals surface area contributed by atoms with Crippen LogP contribution in [0.25, 0.3) is 0 Å². The number of nitrogens with zero attached hydrogens (tertiary/aromatic N) is 2. The van der Waals surface area contributed by atoms with Gasteiger partial charge >= 0.3 is 0 Å². The minimum atomic E-state index is -0.619. The molecule has 0 amide bonds. The molecule has 1 aromatic heterocycles. The summed E-state index contributed by atoms with van der Waals surface area (Å²) >= 11 is 0. The maximum atomic E-state index is 13.1. The zero-order valence-electron chi connectivity index (χ0n) is 17.2. The number of hydrogen-bond acceptors (Lipinski definition) is 6. The Labute approximate surface area is 170 Å². The Bertz CT molecular complexity index is 986. The summed E-state index contributed by atoms with van der Waals surface area (Å²) in [7, 11) is 0. The zero-order valence-corrected chi connectivity index (χ0v) is 17.2. The summed E-state index contributed by atoms with van der Waals surface area (Å²) in [5.74, 6) is -0.400. The van der Waals surface area contributed by atoms with E-state index in [1.54, 1.807) is 24.3 Å². The van der Waals surface area contributed by atoms with Crippen LogP contribution in [0.5, 0.6) is 11.6 Å². The van der Waals surface area contributed by atoms with Crippen molar-refractivity contribution in [3.8, 4) is 17.7 Å². The van der Waals surface area contributed by atoms with Gasteiger partial charge in [-0.2, -0.15) is 5.26 Å². The van der Waals surface area contributed by atoms with Crippen molar-refractivity contribution < 1.29 is 19.4 Å². The Morgan fingerprint density at radius 3 is 2.69 bits per heavy atom. The van der Waals surface area contributed by atoms with Crippen LogP contribution >= 0.6 is 0 Å². The fourth-order valence-corrected chi connectivity index (χ4v) is 3.01. The molecule has 0 fully saturated rings. The minimum Gasteiger partial charge on any atom is -0.494 e. The Hall–Kier alpha value is -3.11. The maximum absolute atomic E-state index is 13.1. The summed E-state index contributed by atoms with van der Waals surface area (Å²) in [6, 6.07) is 8.44. The molecule has 0 spiro atoms. The Kier molecular flexibility index (Phi) is 7.57. The van der Waals surface area contributed by atoms with Gasteiger partial charge in [0.1, 0.15) is 17.4 Å². The highest BCUT2D eigenvalue weighted by atomic mass is 16.5. The van der Waals surface area contributed by atoms with Gasteiger partial charge in [-0.05, 0) is 51.8 Å². The van der Waals surface area contributed by atoms with E-state index in [-0.39, 0.29) is 29.3 Å². The maximum Gasteiger partial charge on any atom is 0.271 e. The third-order valence-electron chi connectivity index (χ3n) is 4.41. The van der Waals surface area contributed by atoms with Gasteiger partial charge in [0, 0.05) is 18.7 Å². The van der Waals surface area contributed by atoms with Crippen LogP contribution in [0.1, 0.15) is 54.2 Å². The molecule has 2 rings (SSSR count). The standard InChI is InChI=1S/C22H26N2O5/c1-5-28-17-9-6-8-16(12-17)20(25)19-15(4)18(13-23)21(26)24(22(19)27)10-7-11-29-14(2)3/h6,8-9,12,14,27H,5,7,10-11H2,1-4H3. The SMILES string of the molecule is CCOc1cccc(C(=O)c2c(C)c(C#N)c(=O)n(CCCOC(C)C)c2O)c1. The average molecular weight is 398 g/mol. The highest BCUT2D eigenvalue weighted by Gasteiger charge is 2.25. The number of carbonyl (C=O) groups excluding carboxylic acids is 1. The molecule has 0 saturated carbocycles. The minimum absolute atomic E-state index is 0.0442. The van der Waals surface area contributed by atoms with Crippen LogP contribution < -0.4 is 10.3 Å². The van der Waals surface area contributed by atoms with Gasteiger partial charge in [-0.1, -0.05) is 12.1 Å². The zero-order chi connectivity index (χ0) is 21.6. The molecule has 0 aliphatic heterocycles. The molecule has 7 heteroatoms. The molecular weight excluding hydrogens is 372 g/mol. The van der Waals surface area contributed by atoms with E-state index in [1.807, 2.05) is 26.8 Å². The van der Waals surface area contributed by atoms with E-state index in [9.17, 15) is 20.0 Å². The quantitative estimate of drug-likeness (QED) is 0.514. The fourth-order valence-electron chi connectivity index (χ4n) is 3.01. The number of ether oxygens (including phenoxy) is 2. The molecule has 0 atom stereocenters. The van der Waals surface area contributed by atoms with E-state index in [0.717, 1.165) is 4.57 Å². The van der Waals surface area contributed by atoms with Crippen LogP contribution in [-0.2, 0) is 11.3 Å². The first-order chi connectivity index (χ1) is 13.8. The van der Waals surface area contributed by atoms with Gasteiger partial charge in [0.2, 0.25) is 5.88 Å². The number of pyridine rings is 1. The van der Waals surface area contributed by atoms with Gasteiger partial charge in [-0.3, -0.25) is 14.2 Å². The predicted octanol–water partition coefficient (Wildman–Crippen LogP) is 3.18. The van der Waals surface area contributed by atoms with Crippen molar-refractivity contribution in [3.05, 3.63) is 56.9 Å². The number of rotatable bonds is 9. The van der Waals surface area contributed by atoms with Crippen LogP contribution in [-0.4, -0.2) is 34.8 Å². The summed E-state index contributed by atoms with van der Waals surface area (Å²) in [4.78, 5) is 25.8. The lowest BCUT2D eigenvalue weighted by atomic mass is 9.97. The van der Waals surface area contributed by atoms with Gasteiger partial charge < -0.3 is 14.6 Å². The summed E-state index contributed by atoms with van der Waals surface area (Å²) in [6.45, 7) is 8.09. The van der Waals surface area contributed by atoms with E-state index in [0.29, 0.717) is 30.9 Å². The Morgan fingerprint density at radius 2 is 2.07 bits per heavy atom. The third-order valence-corrected chi connectivity index (χ3v) is 4.41. The summed E-state index contributed by atoms with van der Waals surface area (Å²) in [6.07, 6.45) is 0.496. The van der Waals surface area contributed by atoms with E-state index in [2.05, 4.69) is 0 Å². The first kappa shape index (κ1) is 22.2. The van der Waals surface area contributed by atoms with Gasteiger partial charge in [0.25, 0.3) is 5.56 Å². The van der Waals surface area contributed by atoms with Crippen LogP contribution in [0.15, 0.2) is 29.1 Å². The molecule has 0 aliphatic carbocycles. The van der Waals surface area contributed by atoms with Crippen molar-refractivity contribution in [1.29, 1.82) is 5.26 Å². The second-order valence-electron chi connectivity index (χ2n) is 6.83. The lowest BCUT2D eigenvalue weighted by molar-refractivity contribution is 0.0743. The number of ketones is 1. The normalized spacial score (nSPS) is 10.8. The first-order valence-corrected chi connectivity index (χ1v) is 9.57. The summed E-state index contributed by atoms with van der Waals surface area (Å²) in [5.41, 5.74) is -0.369. The molecule has 0 radical (unpaired) electrons. The van der Waals surface area contributed by atoms with Crippen molar-refractivity contribution >= 4 is 5.78 Å². The van der Waals surface area contributed by atoms with Crippen molar-refractivity contribution in [2.45, 2.75) is 46.8 Å². The summed E-state index contributed by atoms with van der Waals surface area (Å²) < 4.78 is 12.0. The molecule has 29 heavy (non-hydrogen) atoms. The molecule has 2 aromatic rings.